The summed E-state index contributed by atoms with van der Waals surface area (Å²) in [6.45, 7) is 1.72. The first-order valence-electron chi connectivity index (χ1n) is 7.06. The Hall–Kier alpha value is -1.00. The van der Waals surface area contributed by atoms with Crippen LogP contribution in [0.5, 0.6) is 0 Å². The molecule has 1 N–H and O–H groups in total. The third-order valence-electron chi connectivity index (χ3n) is 4.09. The average Bonchev–Trinajstić information content (AvgIpc) is 3.17. The van der Waals surface area contributed by atoms with E-state index in [4.69, 9.17) is 0 Å². The van der Waals surface area contributed by atoms with Crippen LogP contribution in [0.2, 0.25) is 0 Å². The lowest BCUT2D eigenvalue weighted by Crippen LogP contribution is -2.39. The Balaban J connectivity index is 1.51. The van der Waals surface area contributed by atoms with Gasteiger partial charge in [0.25, 0.3) is 5.92 Å². The van der Waals surface area contributed by atoms with Gasteiger partial charge in [0.2, 0.25) is 0 Å². The van der Waals surface area contributed by atoms with Crippen LogP contribution in [0.15, 0.2) is 30.3 Å². The number of rotatable bonds is 5. The van der Waals surface area contributed by atoms with Crippen LogP contribution in [-0.4, -0.2) is 36.6 Å². The van der Waals surface area contributed by atoms with Crippen molar-refractivity contribution in [1.82, 2.24) is 10.2 Å². The van der Waals surface area contributed by atoms with Crippen LogP contribution in [0.3, 0.4) is 0 Å². The van der Waals surface area contributed by atoms with Crippen molar-refractivity contribution in [3.63, 3.8) is 0 Å². The topological polar surface area (TPSA) is 15.3 Å². The molecular weight excluding hydrogens is 246 g/mol. The van der Waals surface area contributed by atoms with E-state index in [0.29, 0.717) is 0 Å². The molecule has 1 atom stereocenters. The van der Waals surface area contributed by atoms with Gasteiger partial charge in [-0.1, -0.05) is 30.3 Å². The fraction of sp³-hybridized carbons (Fsp3) is 0.600. The molecule has 1 aliphatic carbocycles. The van der Waals surface area contributed by atoms with Crippen molar-refractivity contribution < 1.29 is 8.78 Å². The molecule has 1 saturated carbocycles. The minimum Gasteiger partial charge on any atom is -0.307 e. The summed E-state index contributed by atoms with van der Waals surface area (Å²) in [5, 5.41) is 3.04. The van der Waals surface area contributed by atoms with Gasteiger partial charge in [-0.15, -0.1) is 0 Å². The standard InChI is InChI=1S/C15H20F2N2/c16-15(17,12-4-2-1-3-5-12)11-18-13-8-9-19(10-13)14-6-7-14/h1-5,13-14,18H,6-11H2. The quantitative estimate of drug-likeness (QED) is 0.881. The second kappa shape index (κ2) is 5.17. The second-order valence-corrected chi connectivity index (χ2v) is 5.66. The minimum atomic E-state index is -2.78. The molecular formula is C15H20F2N2. The summed E-state index contributed by atoms with van der Waals surface area (Å²) < 4.78 is 28.0. The molecule has 3 rings (SSSR count). The number of likely N-dealkylation sites (tertiary alicyclic amines) is 1. The van der Waals surface area contributed by atoms with E-state index in [0.717, 1.165) is 25.6 Å². The van der Waals surface area contributed by atoms with E-state index in [1.807, 2.05) is 0 Å². The molecule has 1 unspecified atom stereocenters. The summed E-state index contributed by atoms with van der Waals surface area (Å²) >= 11 is 0. The molecule has 2 nitrogen and oxygen atoms in total. The van der Waals surface area contributed by atoms with Crippen molar-refractivity contribution in [3.05, 3.63) is 35.9 Å². The van der Waals surface area contributed by atoms with Crippen LogP contribution < -0.4 is 5.32 Å². The van der Waals surface area contributed by atoms with Gasteiger partial charge >= 0.3 is 0 Å². The maximum absolute atomic E-state index is 14.0. The lowest BCUT2D eigenvalue weighted by Gasteiger charge is -2.21. The van der Waals surface area contributed by atoms with E-state index in [-0.39, 0.29) is 18.2 Å². The van der Waals surface area contributed by atoms with Crippen LogP contribution >= 0.6 is 0 Å². The van der Waals surface area contributed by atoms with Crippen LogP contribution in [0, 0.1) is 0 Å². The fourth-order valence-electron chi connectivity index (χ4n) is 2.78. The maximum atomic E-state index is 14.0. The minimum absolute atomic E-state index is 0.0968. The summed E-state index contributed by atoms with van der Waals surface area (Å²) in [5.41, 5.74) is 0.0968. The van der Waals surface area contributed by atoms with Crippen molar-refractivity contribution in [2.45, 2.75) is 37.3 Å². The van der Waals surface area contributed by atoms with Crippen LogP contribution in [0.4, 0.5) is 8.78 Å². The molecule has 4 heteroatoms. The van der Waals surface area contributed by atoms with Crippen molar-refractivity contribution in [2.24, 2.45) is 0 Å². The smallest absolute Gasteiger partial charge is 0.285 e. The van der Waals surface area contributed by atoms with Gasteiger partial charge in [0.15, 0.2) is 0 Å². The normalized spacial score (nSPS) is 24.8. The largest absolute Gasteiger partial charge is 0.307 e. The van der Waals surface area contributed by atoms with Gasteiger partial charge < -0.3 is 5.32 Å². The highest BCUT2D eigenvalue weighted by atomic mass is 19.3. The zero-order valence-electron chi connectivity index (χ0n) is 11.0. The molecule has 1 aromatic carbocycles. The number of nitrogens with one attached hydrogen (secondary N) is 1. The molecule has 0 radical (unpaired) electrons. The zero-order valence-corrected chi connectivity index (χ0v) is 11.0. The Morgan fingerprint density at radius 1 is 1.16 bits per heavy atom. The summed E-state index contributed by atoms with van der Waals surface area (Å²) in [7, 11) is 0. The number of hydrogen-bond acceptors (Lipinski definition) is 2. The predicted octanol–water partition coefficient (Wildman–Crippen LogP) is 2.60. The van der Waals surface area contributed by atoms with Crippen molar-refractivity contribution >= 4 is 0 Å². The SMILES string of the molecule is FC(F)(CNC1CCN(C2CC2)C1)c1ccccc1. The van der Waals surface area contributed by atoms with Crippen LogP contribution in [-0.2, 0) is 5.92 Å². The van der Waals surface area contributed by atoms with E-state index in [1.54, 1.807) is 18.2 Å². The average molecular weight is 266 g/mol. The van der Waals surface area contributed by atoms with Crippen molar-refractivity contribution in [1.29, 1.82) is 0 Å². The summed E-state index contributed by atoms with van der Waals surface area (Å²) in [5.74, 6) is -2.78. The van der Waals surface area contributed by atoms with Crippen LogP contribution in [0.25, 0.3) is 0 Å². The predicted molar refractivity (Wildman–Crippen MR) is 71.3 cm³/mol. The highest BCUT2D eigenvalue weighted by Crippen LogP contribution is 2.31. The van der Waals surface area contributed by atoms with Gasteiger partial charge in [-0.2, -0.15) is 8.78 Å². The van der Waals surface area contributed by atoms with Gasteiger partial charge in [0.05, 0.1) is 6.54 Å². The molecule has 0 spiro atoms. The molecule has 1 saturated heterocycles. The highest BCUT2D eigenvalue weighted by molar-refractivity contribution is 5.20. The van der Waals surface area contributed by atoms with Gasteiger partial charge in [-0.3, -0.25) is 4.90 Å². The summed E-state index contributed by atoms with van der Waals surface area (Å²) in [6.07, 6.45) is 3.56. The number of alkyl halides is 2. The number of benzene rings is 1. The first kappa shape index (κ1) is 13.0. The third-order valence-corrected chi connectivity index (χ3v) is 4.09. The van der Waals surface area contributed by atoms with Crippen LogP contribution in [0.1, 0.15) is 24.8 Å². The van der Waals surface area contributed by atoms with Crippen molar-refractivity contribution in [2.75, 3.05) is 19.6 Å². The lowest BCUT2D eigenvalue weighted by atomic mass is 10.1. The molecule has 2 aliphatic rings. The summed E-state index contributed by atoms with van der Waals surface area (Å²) in [4.78, 5) is 2.43. The van der Waals surface area contributed by atoms with Crippen molar-refractivity contribution in [3.8, 4) is 0 Å². The van der Waals surface area contributed by atoms with Gasteiger partial charge in [-0.05, 0) is 19.3 Å². The van der Waals surface area contributed by atoms with Gasteiger partial charge in [0.1, 0.15) is 0 Å². The van der Waals surface area contributed by atoms with E-state index in [1.165, 1.54) is 25.0 Å². The second-order valence-electron chi connectivity index (χ2n) is 5.66. The fourth-order valence-corrected chi connectivity index (χ4v) is 2.78. The first-order valence-corrected chi connectivity index (χ1v) is 7.06. The molecule has 1 aliphatic heterocycles. The number of halogens is 2. The summed E-state index contributed by atoms with van der Waals surface area (Å²) in [6, 6.07) is 9.02. The lowest BCUT2D eigenvalue weighted by molar-refractivity contribution is -0.00549. The van der Waals surface area contributed by atoms with Gasteiger partial charge in [0, 0.05) is 30.7 Å². The Kier molecular flexibility index (Phi) is 3.54. The molecule has 0 bridgehead atoms. The van der Waals surface area contributed by atoms with E-state index in [9.17, 15) is 8.78 Å². The highest BCUT2D eigenvalue weighted by Gasteiger charge is 2.36. The zero-order chi connectivity index (χ0) is 13.3. The van der Waals surface area contributed by atoms with Gasteiger partial charge in [-0.25, -0.2) is 0 Å². The molecule has 1 heterocycles. The molecule has 19 heavy (non-hydrogen) atoms. The molecule has 2 fully saturated rings. The molecule has 1 aromatic rings. The third kappa shape index (κ3) is 3.12. The maximum Gasteiger partial charge on any atom is 0.285 e. The number of nitrogens with zero attached hydrogens (tertiary/aromatic N) is 1. The molecule has 104 valence electrons. The Morgan fingerprint density at radius 2 is 1.89 bits per heavy atom. The Bertz CT molecular complexity index is 417. The first-order chi connectivity index (χ1) is 9.15. The monoisotopic (exact) mass is 266 g/mol. The number of hydrogen-bond donors (Lipinski definition) is 1. The molecule has 0 amide bonds. The molecule has 0 aromatic heterocycles. The van der Waals surface area contributed by atoms with E-state index in [2.05, 4.69) is 10.2 Å². The van der Waals surface area contributed by atoms with E-state index < -0.39 is 5.92 Å². The Morgan fingerprint density at radius 3 is 2.58 bits per heavy atom. The Labute approximate surface area is 112 Å². The van der Waals surface area contributed by atoms with E-state index >= 15 is 0 Å².